The van der Waals surface area contributed by atoms with E-state index in [0.717, 1.165) is 17.5 Å². The van der Waals surface area contributed by atoms with Crippen LogP contribution < -0.4 is 5.73 Å². The van der Waals surface area contributed by atoms with Crippen molar-refractivity contribution in [2.75, 3.05) is 13.6 Å². The van der Waals surface area contributed by atoms with Crippen LogP contribution in [0.25, 0.3) is 0 Å². The normalized spacial score (nSPS) is 22.2. The highest BCUT2D eigenvalue weighted by Crippen LogP contribution is 2.39. The summed E-state index contributed by atoms with van der Waals surface area (Å²) in [6, 6.07) is 5.50. The summed E-state index contributed by atoms with van der Waals surface area (Å²) in [7, 11) is -1.74. The first kappa shape index (κ1) is 15.5. The zero-order valence-corrected chi connectivity index (χ0v) is 13.3. The van der Waals surface area contributed by atoms with Crippen LogP contribution in [0.4, 0.5) is 0 Å². The van der Waals surface area contributed by atoms with Gasteiger partial charge in [-0.25, -0.2) is 12.7 Å². The van der Waals surface area contributed by atoms with Crippen molar-refractivity contribution in [2.45, 2.75) is 38.1 Å². The van der Waals surface area contributed by atoms with Crippen LogP contribution in [0.3, 0.4) is 0 Å². The van der Waals surface area contributed by atoms with Crippen LogP contribution in [0, 0.1) is 11.8 Å². The average molecular weight is 296 g/mol. The Hall–Kier alpha value is -0.910. The minimum Gasteiger partial charge on any atom is -0.326 e. The Labute approximate surface area is 122 Å². The van der Waals surface area contributed by atoms with Gasteiger partial charge in [0.2, 0.25) is 10.0 Å². The lowest BCUT2D eigenvalue weighted by atomic mass is 10.1. The maximum atomic E-state index is 12.7. The van der Waals surface area contributed by atoms with E-state index in [-0.39, 0.29) is 0 Å². The van der Waals surface area contributed by atoms with Crippen molar-refractivity contribution in [3.8, 4) is 0 Å². The summed E-state index contributed by atoms with van der Waals surface area (Å²) in [5.41, 5.74) is 7.34. The summed E-state index contributed by atoms with van der Waals surface area (Å²) in [6.07, 6.45) is 1.83. The SMILES string of the molecule is CCc1ccc(CN)cc1S(=O)(=O)N(C)CC1CC1C. The van der Waals surface area contributed by atoms with Gasteiger partial charge in [0.05, 0.1) is 4.90 Å². The molecule has 2 rings (SSSR count). The molecule has 0 aromatic heterocycles. The highest BCUT2D eigenvalue weighted by Gasteiger charge is 2.36. The third-order valence-corrected chi connectivity index (χ3v) is 6.11. The Morgan fingerprint density at radius 1 is 1.40 bits per heavy atom. The Kier molecular flexibility index (Phi) is 4.52. The third kappa shape index (κ3) is 3.05. The Balaban J connectivity index is 2.31. The topological polar surface area (TPSA) is 63.4 Å². The van der Waals surface area contributed by atoms with E-state index < -0.39 is 10.0 Å². The number of nitrogens with two attached hydrogens (primary N) is 1. The minimum atomic E-state index is -3.42. The van der Waals surface area contributed by atoms with Crippen molar-refractivity contribution in [1.29, 1.82) is 0 Å². The van der Waals surface area contributed by atoms with Crippen LogP contribution in [-0.2, 0) is 23.0 Å². The van der Waals surface area contributed by atoms with E-state index in [9.17, 15) is 8.42 Å². The fraction of sp³-hybridized carbons (Fsp3) is 0.600. The lowest BCUT2D eigenvalue weighted by Gasteiger charge is -2.19. The lowest BCUT2D eigenvalue weighted by Crippen LogP contribution is -2.30. The van der Waals surface area contributed by atoms with Crippen molar-refractivity contribution in [2.24, 2.45) is 17.6 Å². The smallest absolute Gasteiger partial charge is 0.243 e. The van der Waals surface area contributed by atoms with Crippen molar-refractivity contribution in [1.82, 2.24) is 4.31 Å². The van der Waals surface area contributed by atoms with Gasteiger partial charge in [-0.2, -0.15) is 0 Å². The number of benzene rings is 1. The molecular formula is C15H24N2O2S. The number of sulfonamides is 1. The molecule has 20 heavy (non-hydrogen) atoms. The summed E-state index contributed by atoms with van der Waals surface area (Å²) < 4.78 is 27.0. The molecule has 0 radical (unpaired) electrons. The Bertz CT molecular complexity index is 584. The molecule has 2 atom stereocenters. The maximum absolute atomic E-state index is 12.7. The van der Waals surface area contributed by atoms with Crippen LogP contribution in [0.2, 0.25) is 0 Å². The molecule has 2 unspecified atom stereocenters. The van der Waals surface area contributed by atoms with Crippen LogP contribution in [0.1, 0.15) is 31.4 Å². The van der Waals surface area contributed by atoms with E-state index in [4.69, 9.17) is 5.73 Å². The first-order valence-electron chi connectivity index (χ1n) is 7.18. The standard InChI is InChI=1S/C15H24N2O2S/c1-4-13-6-5-12(9-16)8-15(13)20(18,19)17(3)10-14-7-11(14)2/h5-6,8,11,14H,4,7,9-10,16H2,1-3H3. The van der Waals surface area contributed by atoms with Crippen LogP contribution in [0.15, 0.2) is 23.1 Å². The molecule has 0 heterocycles. The Morgan fingerprint density at radius 2 is 2.05 bits per heavy atom. The average Bonchev–Trinajstić information content (AvgIpc) is 3.13. The van der Waals surface area contributed by atoms with Gasteiger partial charge in [-0.1, -0.05) is 26.0 Å². The largest absolute Gasteiger partial charge is 0.326 e. The molecule has 5 heteroatoms. The molecule has 1 aromatic carbocycles. The van der Waals surface area contributed by atoms with E-state index in [0.29, 0.717) is 36.2 Å². The highest BCUT2D eigenvalue weighted by atomic mass is 32.2. The van der Waals surface area contributed by atoms with E-state index in [2.05, 4.69) is 6.92 Å². The molecule has 2 N–H and O–H groups in total. The quantitative estimate of drug-likeness (QED) is 0.873. The van der Waals surface area contributed by atoms with Gasteiger partial charge >= 0.3 is 0 Å². The van der Waals surface area contributed by atoms with E-state index in [1.807, 2.05) is 19.1 Å². The maximum Gasteiger partial charge on any atom is 0.243 e. The van der Waals surface area contributed by atoms with Crippen molar-refractivity contribution in [3.63, 3.8) is 0 Å². The number of nitrogens with zero attached hydrogens (tertiary/aromatic N) is 1. The van der Waals surface area contributed by atoms with E-state index >= 15 is 0 Å². The molecule has 0 spiro atoms. The fourth-order valence-corrected chi connectivity index (χ4v) is 4.08. The third-order valence-electron chi connectivity index (χ3n) is 4.20. The first-order valence-corrected chi connectivity index (χ1v) is 8.62. The summed E-state index contributed by atoms with van der Waals surface area (Å²) in [4.78, 5) is 0.416. The molecule has 1 aliphatic rings. The van der Waals surface area contributed by atoms with Crippen LogP contribution >= 0.6 is 0 Å². The number of aryl methyl sites for hydroxylation is 1. The van der Waals surface area contributed by atoms with E-state index in [1.54, 1.807) is 13.1 Å². The number of hydrogen-bond donors (Lipinski definition) is 1. The van der Waals surface area contributed by atoms with Crippen molar-refractivity contribution >= 4 is 10.0 Å². The number of hydrogen-bond acceptors (Lipinski definition) is 3. The molecule has 0 saturated heterocycles. The van der Waals surface area contributed by atoms with Gasteiger partial charge in [-0.15, -0.1) is 0 Å². The lowest BCUT2D eigenvalue weighted by molar-refractivity contribution is 0.444. The van der Waals surface area contributed by atoms with Gasteiger partial charge < -0.3 is 5.73 Å². The first-order chi connectivity index (χ1) is 9.40. The van der Waals surface area contributed by atoms with Gasteiger partial charge in [0.1, 0.15) is 0 Å². The van der Waals surface area contributed by atoms with Crippen molar-refractivity contribution in [3.05, 3.63) is 29.3 Å². The van der Waals surface area contributed by atoms with Gasteiger partial charge in [-0.05, 0) is 41.9 Å². The predicted octanol–water partition coefficient (Wildman–Crippen LogP) is 1.98. The second kappa shape index (κ2) is 5.84. The molecule has 0 aliphatic heterocycles. The monoisotopic (exact) mass is 296 g/mol. The number of rotatable bonds is 6. The molecular weight excluding hydrogens is 272 g/mol. The molecule has 1 fully saturated rings. The molecule has 1 aliphatic carbocycles. The fourth-order valence-electron chi connectivity index (χ4n) is 2.51. The van der Waals surface area contributed by atoms with Crippen LogP contribution in [-0.4, -0.2) is 26.3 Å². The summed E-state index contributed by atoms with van der Waals surface area (Å²) >= 11 is 0. The molecule has 4 nitrogen and oxygen atoms in total. The minimum absolute atomic E-state index is 0.357. The molecule has 112 valence electrons. The zero-order chi connectivity index (χ0) is 14.9. The molecule has 1 saturated carbocycles. The van der Waals surface area contributed by atoms with Gasteiger partial charge in [-0.3, -0.25) is 0 Å². The second-order valence-corrected chi connectivity index (χ2v) is 7.77. The van der Waals surface area contributed by atoms with E-state index in [1.165, 1.54) is 4.31 Å². The summed E-state index contributed by atoms with van der Waals surface area (Å²) in [5.74, 6) is 1.16. The second-order valence-electron chi connectivity index (χ2n) is 5.76. The summed E-state index contributed by atoms with van der Waals surface area (Å²) in [5, 5.41) is 0. The highest BCUT2D eigenvalue weighted by molar-refractivity contribution is 7.89. The zero-order valence-electron chi connectivity index (χ0n) is 12.5. The van der Waals surface area contributed by atoms with Crippen molar-refractivity contribution < 1.29 is 8.42 Å². The molecule has 0 amide bonds. The van der Waals surface area contributed by atoms with Gasteiger partial charge in [0, 0.05) is 20.1 Å². The van der Waals surface area contributed by atoms with Gasteiger partial charge in [0.15, 0.2) is 0 Å². The molecule has 1 aromatic rings. The predicted molar refractivity (Wildman–Crippen MR) is 80.8 cm³/mol. The summed E-state index contributed by atoms with van der Waals surface area (Å²) in [6.45, 7) is 5.10. The van der Waals surface area contributed by atoms with Gasteiger partial charge in [0.25, 0.3) is 0 Å². The molecule has 0 bridgehead atoms. The Morgan fingerprint density at radius 3 is 2.55 bits per heavy atom. The van der Waals surface area contributed by atoms with Crippen LogP contribution in [0.5, 0.6) is 0 Å².